The first-order valence-corrected chi connectivity index (χ1v) is 10.7. The lowest BCUT2D eigenvalue weighted by molar-refractivity contribution is -0.139. The third kappa shape index (κ3) is 5.55. The van der Waals surface area contributed by atoms with Crippen LogP contribution in [0.25, 0.3) is 0 Å². The van der Waals surface area contributed by atoms with E-state index >= 15 is 0 Å². The molecule has 3 heterocycles. The molecule has 1 spiro atoms. The minimum atomic E-state index is -0.0944. The molecule has 1 N–H and O–H groups in total. The maximum atomic E-state index is 12.4. The number of likely N-dealkylation sites (tertiary alicyclic amines) is 2. The van der Waals surface area contributed by atoms with Gasteiger partial charge in [0.25, 0.3) is 0 Å². The number of likely N-dealkylation sites (N-methyl/N-ethyl adjacent to an activating group) is 1. The van der Waals surface area contributed by atoms with E-state index in [4.69, 9.17) is 5.11 Å². The highest BCUT2D eigenvalue weighted by molar-refractivity contribution is 7.10. The molecule has 1 amide bonds. The molecule has 2 aliphatic rings. The number of hydrogen-bond donors (Lipinski definition) is 1. The molecule has 1 aromatic heterocycles. The third-order valence-corrected chi connectivity index (χ3v) is 6.57. The Kier molecular flexibility index (Phi) is 6.93. The maximum absolute atomic E-state index is 12.4. The van der Waals surface area contributed by atoms with Gasteiger partial charge in [-0.25, -0.2) is 0 Å². The van der Waals surface area contributed by atoms with Crippen LogP contribution in [0.1, 0.15) is 36.1 Å². The monoisotopic (exact) mass is 389 g/mol. The Labute approximate surface area is 166 Å². The normalized spacial score (nSPS) is 23.7. The van der Waals surface area contributed by atoms with E-state index in [1.807, 2.05) is 0 Å². The van der Waals surface area contributed by atoms with E-state index < -0.39 is 0 Å². The van der Waals surface area contributed by atoms with Crippen LogP contribution in [-0.4, -0.2) is 79.1 Å². The summed E-state index contributed by atoms with van der Waals surface area (Å²) < 4.78 is 0. The van der Waals surface area contributed by atoms with Crippen molar-refractivity contribution >= 4 is 17.2 Å². The van der Waals surface area contributed by atoms with Crippen molar-refractivity contribution in [2.45, 2.75) is 32.2 Å². The molecule has 148 valence electrons. The minimum Gasteiger partial charge on any atom is -0.384 e. The van der Waals surface area contributed by atoms with E-state index in [9.17, 15) is 4.79 Å². The fraction of sp³-hybridized carbons (Fsp3) is 0.667. The first-order chi connectivity index (χ1) is 13.0. The number of piperidine rings is 2. The van der Waals surface area contributed by atoms with E-state index in [1.54, 1.807) is 11.3 Å². The number of carbonyl (C=O) groups excluding carboxylic acids is 1. The fourth-order valence-corrected chi connectivity index (χ4v) is 5.15. The molecule has 3 rings (SSSR count). The molecule has 1 atom stereocenters. The van der Waals surface area contributed by atoms with Crippen molar-refractivity contribution < 1.29 is 9.90 Å². The van der Waals surface area contributed by atoms with E-state index in [0.717, 1.165) is 51.3 Å². The second kappa shape index (κ2) is 9.20. The lowest BCUT2D eigenvalue weighted by atomic mass is 9.73. The molecule has 27 heavy (non-hydrogen) atoms. The molecule has 0 unspecified atom stereocenters. The maximum Gasteiger partial charge on any atom is 0.222 e. The largest absolute Gasteiger partial charge is 0.384 e. The van der Waals surface area contributed by atoms with E-state index in [-0.39, 0.29) is 12.0 Å². The lowest BCUT2D eigenvalue weighted by Gasteiger charge is -2.48. The van der Waals surface area contributed by atoms with Crippen LogP contribution < -0.4 is 0 Å². The number of amides is 1. The van der Waals surface area contributed by atoms with Crippen LogP contribution in [0.15, 0.2) is 11.4 Å². The van der Waals surface area contributed by atoms with Crippen molar-refractivity contribution in [2.24, 2.45) is 5.41 Å². The summed E-state index contributed by atoms with van der Waals surface area (Å²) in [7, 11) is 4.12. The van der Waals surface area contributed by atoms with Gasteiger partial charge < -0.3 is 14.9 Å². The van der Waals surface area contributed by atoms with Crippen LogP contribution in [0.3, 0.4) is 0 Å². The van der Waals surface area contributed by atoms with Gasteiger partial charge in [0, 0.05) is 60.4 Å². The Bertz CT molecular complexity index is 706. The van der Waals surface area contributed by atoms with Crippen molar-refractivity contribution in [3.05, 3.63) is 21.9 Å². The lowest BCUT2D eigenvalue weighted by Crippen LogP contribution is -2.54. The van der Waals surface area contributed by atoms with Crippen LogP contribution in [0.4, 0.5) is 0 Å². The van der Waals surface area contributed by atoms with Crippen molar-refractivity contribution in [2.75, 3.05) is 53.4 Å². The summed E-state index contributed by atoms with van der Waals surface area (Å²) in [5.74, 6) is 6.03. The van der Waals surface area contributed by atoms with Crippen molar-refractivity contribution in [1.82, 2.24) is 14.7 Å². The second-order valence-corrected chi connectivity index (χ2v) is 9.19. The van der Waals surface area contributed by atoms with Crippen molar-refractivity contribution in [3.63, 3.8) is 0 Å². The van der Waals surface area contributed by atoms with Gasteiger partial charge in [0.2, 0.25) is 5.91 Å². The van der Waals surface area contributed by atoms with Crippen molar-refractivity contribution in [1.29, 1.82) is 0 Å². The smallest absolute Gasteiger partial charge is 0.222 e. The second-order valence-electron chi connectivity index (χ2n) is 8.19. The highest BCUT2D eigenvalue weighted by Gasteiger charge is 2.41. The highest BCUT2D eigenvalue weighted by Crippen LogP contribution is 2.39. The van der Waals surface area contributed by atoms with Gasteiger partial charge in [0.15, 0.2) is 0 Å². The Morgan fingerprint density at radius 2 is 2.19 bits per heavy atom. The number of rotatable bonds is 5. The quantitative estimate of drug-likeness (QED) is 0.781. The molecule has 6 heteroatoms. The summed E-state index contributed by atoms with van der Waals surface area (Å²) in [6.07, 6.45) is 4.16. The molecule has 2 aliphatic heterocycles. The Balaban J connectivity index is 1.61. The Morgan fingerprint density at radius 1 is 1.33 bits per heavy atom. The Hall–Kier alpha value is -1.39. The number of aliphatic hydroxyl groups is 1. The molecule has 0 saturated carbocycles. The molecule has 2 saturated heterocycles. The van der Waals surface area contributed by atoms with Gasteiger partial charge in [-0.1, -0.05) is 11.8 Å². The number of carbonyl (C=O) groups is 1. The zero-order chi connectivity index (χ0) is 19.3. The molecule has 0 aliphatic carbocycles. The number of aliphatic hydroxyl groups excluding tert-OH is 1. The number of thiophene rings is 1. The topological polar surface area (TPSA) is 47.0 Å². The van der Waals surface area contributed by atoms with Crippen LogP contribution in [-0.2, 0) is 11.3 Å². The van der Waals surface area contributed by atoms with Crippen molar-refractivity contribution in [3.8, 4) is 11.8 Å². The summed E-state index contributed by atoms with van der Waals surface area (Å²) in [5.41, 5.74) is 1.25. The van der Waals surface area contributed by atoms with Gasteiger partial charge in [0.1, 0.15) is 6.61 Å². The zero-order valence-electron chi connectivity index (χ0n) is 16.5. The average molecular weight is 390 g/mol. The van der Waals surface area contributed by atoms with Gasteiger partial charge in [0.05, 0.1) is 0 Å². The molecule has 0 aromatic carbocycles. The number of nitrogens with zero attached hydrogens (tertiary/aromatic N) is 3. The summed E-state index contributed by atoms with van der Waals surface area (Å²) in [4.78, 5) is 20.5. The molecule has 0 radical (unpaired) electrons. The minimum absolute atomic E-state index is 0.0944. The highest BCUT2D eigenvalue weighted by atomic mass is 32.1. The summed E-state index contributed by atoms with van der Waals surface area (Å²) in [6.45, 7) is 5.75. The fourth-order valence-electron chi connectivity index (χ4n) is 4.30. The van der Waals surface area contributed by atoms with Crippen LogP contribution in [0, 0.1) is 17.3 Å². The van der Waals surface area contributed by atoms with Crippen LogP contribution in [0.2, 0.25) is 0 Å². The molecular weight excluding hydrogens is 358 g/mol. The van der Waals surface area contributed by atoms with Gasteiger partial charge in [-0.3, -0.25) is 9.69 Å². The molecule has 1 aromatic rings. The van der Waals surface area contributed by atoms with Gasteiger partial charge >= 0.3 is 0 Å². The third-order valence-electron chi connectivity index (χ3n) is 5.65. The Morgan fingerprint density at radius 3 is 2.96 bits per heavy atom. The summed E-state index contributed by atoms with van der Waals surface area (Å²) in [5, 5.41) is 10.9. The van der Waals surface area contributed by atoms with Gasteiger partial charge in [-0.15, -0.1) is 11.3 Å². The van der Waals surface area contributed by atoms with E-state index in [0.29, 0.717) is 12.3 Å². The molecule has 2 fully saturated rings. The van der Waals surface area contributed by atoms with E-state index in [2.05, 4.69) is 52.1 Å². The average Bonchev–Trinajstić information content (AvgIpc) is 3.08. The SMILES string of the molecule is CN(C)CCN1C[C@]2(CCCN(Cc3cc(C#CCO)cs3)C2)CCC1=O. The van der Waals surface area contributed by atoms with Gasteiger partial charge in [-0.2, -0.15) is 0 Å². The molecule has 0 bridgehead atoms. The predicted octanol–water partition coefficient (Wildman–Crippen LogP) is 1.86. The molecular formula is C21H31N3O2S. The van der Waals surface area contributed by atoms with Crippen LogP contribution in [0.5, 0.6) is 0 Å². The first-order valence-electron chi connectivity index (χ1n) is 9.82. The summed E-state index contributed by atoms with van der Waals surface area (Å²) >= 11 is 1.75. The number of hydrogen-bond acceptors (Lipinski definition) is 5. The standard InChI is InChI=1S/C21H31N3O2S/c1-22(2)10-11-24-17-21(8-6-20(24)26)7-4-9-23(16-21)14-19-13-18(15-27-19)5-3-12-25/h13,15,25H,4,6-12,14,16-17H2,1-2H3/t21-/m1/s1. The van der Waals surface area contributed by atoms with Crippen LogP contribution >= 0.6 is 11.3 Å². The predicted molar refractivity (Wildman–Crippen MR) is 110 cm³/mol. The molecule has 5 nitrogen and oxygen atoms in total. The van der Waals surface area contributed by atoms with Gasteiger partial charge in [-0.05, 0) is 46.0 Å². The zero-order valence-corrected chi connectivity index (χ0v) is 17.4. The summed E-state index contributed by atoms with van der Waals surface area (Å²) in [6, 6.07) is 2.14. The first kappa shape index (κ1) is 20.3. The van der Waals surface area contributed by atoms with E-state index in [1.165, 1.54) is 17.7 Å².